The number of rotatable bonds is 9. The Morgan fingerprint density at radius 2 is 1.97 bits per heavy atom. The van der Waals surface area contributed by atoms with Crippen LogP contribution in [-0.2, 0) is 17.9 Å². The van der Waals surface area contributed by atoms with Gasteiger partial charge in [0.25, 0.3) is 5.56 Å². The van der Waals surface area contributed by atoms with Crippen LogP contribution in [0.4, 0.5) is 0 Å². The average Bonchev–Trinajstić information content (AvgIpc) is 3.58. The molecule has 2 N–H and O–H groups in total. The number of aromatic nitrogens is 4. The van der Waals surface area contributed by atoms with E-state index in [0.717, 1.165) is 50.3 Å². The number of ether oxygens (including phenoxy) is 1. The number of nitrogens with zero attached hydrogens (tertiary/aromatic N) is 5. The van der Waals surface area contributed by atoms with Crippen molar-refractivity contribution in [1.29, 1.82) is 0 Å². The molecular formula is C24H31N7O3. The minimum atomic E-state index is -0.244. The summed E-state index contributed by atoms with van der Waals surface area (Å²) in [6.45, 7) is 5.42. The van der Waals surface area contributed by atoms with E-state index in [0.29, 0.717) is 49.0 Å². The maximum atomic E-state index is 13.1. The van der Waals surface area contributed by atoms with E-state index in [9.17, 15) is 9.59 Å². The van der Waals surface area contributed by atoms with Crippen LogP contribution in [-0.4, -0.2) is 81.8 Å². The van der Waals surface area contributed by atoms with E-state index in [2.05, 4.69) is 25.3 Å². The van der Waals surface area contributed by atoms with E-state index in [1.165, 1.54) is 0 Å². The second kappa shape index (κ2) is 9.94. The molecule has 10 heteroatoms. The first-order chi connectivity index (χ1) is 16.6. The molecule has 1 aliphatic carbocycles. The molecule has 1 saturated carbocycles. The van der Waals surface area contributed by atoms with E-state index >= 15 is 0 Å². The van der Waals surface area contributed by atoms with E-state index in [4.69, 9.17) is 4.74 Å². The zero-order valence-corrected chi connectivity index (χ0v) is 19.5. The fourth-order valence-corrected chi connectivity index (χ4v) is 4.36. The summed E-state index contributed by atoms with van der Waals surface area (Å²) in [5.41, 5.74) is 1.73. The number of benzene rings is 1. The third-order valence-corrected chi connectivity index (χ3v) is 6.48. The maximum absolute atomic E-state index is 13.1. The minimum Gasteiger partial charge on any atom is -0.497 e. The number of H-pyrrole nitrogens is 1. The number of nitrogens with one attached hydrogen (secondary N) is 2. The van der Waals surface area contributed by atoms with Gasteiger partial charge in [-0.1, -0.05) is 12.1 Å². The number of methoxy groups -OCH3 is 1. The van der Waals surface area contributed by atoms with Gasteiger partial charge in [-0.05, 0) is 36.5 Å². The lowest BCUT2D eigenvalue weighted by molar-refractivity contribution is -0.133. The molecule has 34 heavy (non-hydrogen) atoms. The molecule has 0 bridgehead atoms. The smallest absolute Gasteiger partial charge is 0.277 e. The number of hydrogen-bond acceptors (Lipinski definition) is 7. The lowest BCUT2D eigenvalue weighted by atomic mass is 10.2. The van der Waals surface area contributed by atoms with Crippen molar-refractivity contribution in [2.24, 2.45) is 5.92 Å². The summed E-state index contributed by atoms with van der Waals surface area (Å²) in [5, 5.41) is 7.71. The Balaban J connectivity index is 1.32. The van der Waals surface area contributed by atoms with Crippen LogP contribution in [0.5, 0.6) is 5.75 Å². The first-order valence-corrected chi connectivity index (χ1v) is 11.9. The van der Waals surface area contributed by atoms with Crippen molar-refractivity contribution < 1.29 is 9.53 Å². The minimum absolute atomic E-state index is 0.0896. The van der Waals surface area contributed by atoms with Crippen molar-refractivity contribution in [3.63, 3.8) is 0 Å². The normalized spacial score (nSPS) is 16.6. The van der Waals surface area contributed by atoms with Crippen LogP contribution in [0, 0.1) is 5.92 Å². The third kappa shape index (κ3) is 5.28. The second-order valence-corrected chi connectivity index (χ2v) is 9.14. The Morgan fingerprint density at radius 1 is 1.21 bits per heavy atom. The van der Waals surface area contributed by atoms with Gasteiger partial charge in [-0.25, -0.2) is 4.98 Å². The van der Waals surface area contributed by atoms with Crippen LogP contribution in [0.15, 0.2) is 35.3 Å². The molecule has 1 saturated heterocycles. The quantitative estimate of drug-likeness (QED) is 0.482. The summed E-state index contributed by atoms with van der Waals surface area (Å²) in [6.07, 6.45) is 3.92. The van der Waals surface area contributed by atoms with Gasteiger partial charge in [0.05, 0.1) is 32.9 Å². The monoisotopic (exact) mass is 465 g/mol. The molecule has 1 aliphatic heterocycles. The molecule has 2 fully saturated rings. The standard InChI is InChI=1S/C24H31N7O3/c1-34-19-6-4-18(5-7-19)14-31-23-20(12-26-31)27-21(28-24(23)33)15-30(13-17-2-3-17)22(32)16-29-10-8-25-9-11-29/h4-7,12,17,25H,2-3,8-11,13-16H2,1H3,(H,27,28,33). The van der Waals surface area contributed by atoms with Gasteiger partial charge in [-0.3, -0.25) is 19.2 Å². The highest BCUT2D eigenvalue weighted by atomic mass is 16.5. The molecule has 2 aliphatic rings. The number of carbonyl (C=O) groups excluding carboxylic acids is 1. The number of hydrogen-bond donors (Lipinski definition) is 2. The second-order valence-electron chi connectivity index (χ2n) is 9.14. The predicted molar refractivity (Wildman–Crippen MR) is 128 cm³/mol. The number of piperazine rings is 1. The molecule has 0 unspecified atom stereocenters. The van der Waals surface area contributed by atoms with Gasteiger partial charge >= 0.3 is 0 Å². The molecular weight excluding hydrogens is 434 g/mol. The number of carbonyl (C=O) groups is 1. The van der Waals surface area contributed by atoms with Crippen molar-refractivity contribution in [2.75, 3.05) is 46.4 Å². The van der Waals surface area contributed by atoms with E-state index in [1.807, 2.05) is 29.2 Å². The van der Waals surface area contributed by atoms with Crippen molar-refractivity contribution >= 4 is 16.9 Å². The zero-order chi connectivity index (χ0) is 23.5. The van der Waals surface area contributed by atoms with Crippen LogP contribution in [0.2, 0.25) is 0 Å². The molecule has 0 radical (unpaired) electrons. The fraction of sp³-hybridized carbons (Fsp3) is 0.500. The van der Waals surface area contributed by atoms with E-state index in [-0.39, 0.29) is 11.5 Å². The predicted octanol–water partition coefficient (Wildman–Crippen LogP) is 0.820. The summed E-state index contributed by atoms with van der Waals surface area (Å²) >= 11 is 0. The van der Waals surface area contributed by atoms with Crippen LogP contribution in [0.3, 0.4) is 0 Å². The summed E-state index contributed by atoms with van der Waals surface area (Å²) in [6, 6.07) is 7.66. The van der Waals surface area contributed by atoms with Crippen LogP contribution in [0.25, 0.3) is 11.0 Å². The highest BCUT2D eigenvalue weighted by molar-refractivity contribution is 5.78. The van der Waals surface area contributed by atoms with Crippen LogP contribution in [0.1, 0.15) is 24.2 Å². The number of fused-ring (bicyclic) bond motifs is 1. The lowest BCUT2D eigenvalue weighted by Crippen LogP contribution is -2.48. The summed E-state index contributed by atoms with van der Waals surface area (Å²) in [4.78, 5) is 37.7. The van der Waals surface area contributed by atoms with Crippen LogP contribution >= 0.6 is 0 Å². The molecule has 3 heterocycles. The van der Waals surface area contributed by atoms with Gasteiger partial charge in [0.2, 0.25) is 5.91 Å². The molecule has 1 aromatic carbocycles. The molecule has 5 rings (SSSR count). The fourth-order valence-electron chi connectivity index (χ4n) is 4.36. The molecule has 10 nitrogen and oxygen atoms in total. The first kappa shape index (κ1) is 22.5. The van der Waals surface area contributed by atoms with Crippen molar-refractivity contribution in [3.8, 4) is 5.75 Å². The SMILES string of the molecule is COc1ccc(Cn2ncc3nc(CN(CC4CC4)C(=O)CN4CCNCC4)[nH]c(=O)c32)cc1. The summed E-state index contributed by atoms with van der Waals surface area (Å²) < 4.78 is 6.86. The van der Waals surface area contributed by atoms with Gasteiger partial charge in [0.15, 0.2) is 5.52 Å². The average molecular weight is 466 g/mol. The lowest BCUT2D eigenvalue weighted by Gasteiger charge is -2.30. The Hall–Kier alpha value is -3.24. The largest absolute Gasteiger partial charge is 0.497 e. The number of aromatic amines is 1. The highest BCUT2D eigenvalue weighted by Gasteiger charge is 2.28. The van der Waals surface area contributed by atoms with Gasteiger partial charge in [0.1, 0.15) is 17.1 Å². The molecule has 0 spiro atoms. The molecule has 180 valence electrons. The topological polar surface area (TPSA) is 108 Å². The van der Waals surface area contributed by atoms with Crippen molar-refractivity contribution in [1.82, 2.24) is 34.9 Å². The first-order valence-electron chi connectivity index (χ1n) is 11.9. The van der Waals surface area contributed by atoms with Gasteiger partial charge in [0, 0.05) is 32.7 Å². The summed E-state index contributed by atoms with van der Waals surface area (Å²) in [7, 11) is 1.63. The molecule has 1 amide bonds. The highest BCUT2D eigenvalue weighted by Crippen LogP contribution is 2.30. The maximum Gasteiger partial charge on any atom is 0.277 e. The van der Waals surface area contributed by atoms with Gasteiger partial charge in [-0.15, -0.1) is 0 Å². The number of amides is 1. The molecule has 0 atom stereocenters. The van der Waals surface area contributed by atoms with Gasteiger partial charge < -0.3 is 19.9 Å². The zero-order valence-electron chi connectivity index (χ0n) is 19.5. The van der Waals surface area contributed by atoms with E-state index < -0.39 is 0 Å². The van der Waals surface area contributed by atoms with E-state index in [1.54, 1.807) is 18.0 Å². The van der Waals surface area contributed by atoms with Gasteiger partial charge in [-0.2, -0.15) is 5.10 Å². The third-order valence-electron chi connectivity index (χ3n) is 6.48. The van der Waals surface area contributed by atoms with Crippen molar-refractivity contribution in [2.45, 2.75) is 25.9 Å². The summed E-state index contributed by atoms with van der Waals surface area (Å²) in [5.74, 6) is 1.91. The Labute approximate surface area is 197 Å². The Bertz CT molecular complexity index is 1190. The van der Waals surface area contributed by atoms with Crippen molar-refractivity contribution in [3.05, 3.63) is 52.2 Å². The molecule has 3 aromatic rings. The van der Waals surface area contributed by atoms with Crippen LogP contribution < -0.4 is 15.6 Å². The molecule has 2 aromatic heterocycles. The Kier molecular flexibility index (Phi) is 6.59. The Morgan fingerprint density at radius 3 is 2.68 bits per heavy atom.